The number of aryl methyl sites for hydroxylation is 2. The second kappa shape index (κ2) is 9.21. The molecule has 1 atom stereocenters. The van der Waals surface area contributed by atoms with Crippen LogP contribution in [0.25, 0.3) is 0 Å². The molecule has 4 rings (SSSR count). The molecule has 6 nitrogen and oxygen atoms in total. The van der Waals surface area contributed by atoms with Crippen LogP contribution in [0.2, 0.25) is 0 Å². The van der Waals surface area contributed by atoms with Crippen LogP contribution in [-0.4, -0.2) is 62.8 Å². The Kier molecular flexibility index (Phi) is 6.76. The molecule has 9 heteroatoms. The van der Waals surface area contributed by atoms with Gasteiger partial charge in [0.15, 0.2) is 0 Å². The van der Waals surface area contributed by atoms with Gasteiger partial charge < -0.3 is 9.80 Å². The summed E-state index contributed by atoms with van der Waals surface area (Å²) in [6.45, 7) is 7.91. The molecule has 0 unspecified atom stereocenters. The summed E-state index contributed by atoms with van der Waals surface area (Å²) in [7, 11) is -3.55. The summed E-state index contributed by atoms with van der Waals surface area (Å²) in [5.74, 6) is -0.174. The van der Waals surface area contributed by atoms with Gasteiger partial charge in [0, 0.05) is 45.0 Å². The first-order valence-electron chi connectivity index (χ1n) is 10.6. The molecule has 2 fully saturated rings. The van der Waals surface area contributed by atoms with E-state index < -0.39 is 10.0 Å². The van der Waals surface area contributed by atoms with Crippen molar-refractivity contribution in [3.05, 3.63) is 45.2 Å². The van der Waals surface area contributed by atoms with Crippen molar-refractivity contribution in [3.63, 3.8) is 0 Å². The Morgan fingerprint density at radius 2 is 1.81 bits per heavy atom. The molecule has 0 N–H and O–H groups in total. The van der Waals surface area contributed by atoms with Gasteiger partial charge in [0.05, 0.1) is 9.70 Å². The highest BCUT2D eigenvalue weighted by atomic mass is 79.9. The number of nitrogens with zero attached hydrogens (tertiary/aromatic N) is 3. The summed E-state index contributed by atoms with van der Waals surface area (Å²) in [6.07, 6.45) is 1.46. The maximum Gasteiger partial charge on any atom is 0.252 e. The van der Waals surface area contributed by atoms with Gasteiger partial charge in [-0.25, -0.2) is 8.42 Å². The molecule has 2 saturated heterocycles. The van der Waals surface area contributed by atoms with E-state index >= 15 is 0 Å². The second-order valence-corrected chi connectivity index (χ2v) is 13.0. The fraction of sp³-hybridized carbons (Fsp3) is 0.500. The molecule has 1 aromatic heterocycles. The number of benzene rings is 1. The van der Waals surface area contributed by atoms with E-state index in [0.717, 1.165) is 23.3 Å². The van der Waals surface area contributed by atoms with Gasteiger partial charge in [-0.15, -0.1) is 11.3 Å². The van der Waals surface area contributed by atoms with Crippen molar-refractivity contribution in [2.45, 2.75) is 30.9 Å². The summed E-state index contributed by atoms with van der Waals surface area (Å²) in [5, 5.41) is 0. The summed E-state index contributed by atoms with van der Waals surface area (Å²) >= 11 is 4.55. The van der Waals surface area contributed by atoms with Gasteiger partial charge in [0.1, 0.15) is 4.21 Å². The van der Waals surface area contributed by atoms with E-state index in [4.69, 9.17) is 0 Å². The van der Waals surface area contributed by atoms with Gasteiger partial charge in [0.25, 0.3) is 10.0 Å². The first-order chi connectivity index (χ1) is 14.8. The molecular formula is C22H28BrN3O3S2. The zero-order valence-electron chi connectivity index (χ0n) is 17.9. The first-order valence-corrected chi connectivity index (χ1v) is 13.7. The molecule has 31 heavy (non-hydrogen) atoms. The minimum Gasteiger partial charge on any atom is -0.368 e. The lowest BCUT2D eigenvalue weighted by atomic mass is 9.97. The number of anilines is 1. The van der Waals surface area contributed by atoms with Crippen molar-refractivity contribution < 1.29 is 13.2 Å². The smallest absolute Gasteiger partial charge is 0.252 e. The van der Waals surface area contributed by atoms with Crippen LogP contribution >= 0.6 is 27.3 Å². The van der Waals surface area contributed by atoms with Crippen molar-refractivity contribution in [1.82, 2.24) is 9.21 Å². The van der Waals surface area contributed by atoms with Crippen molar-refractivity contribution in [2.24, 2.45) is 5.92 Å². The number of hydrogen-bond acceptors (Lipinski definition) is 5. The second-order valence-electron chi connectivity index (χ2n) is 8.36. The number of sulfonamides is 1. The number of hydrogen-bond donors (Lipinski definition) is 0. The van der Waals surface area contributed by atoms with E-state index in [1.165, 1.54) is 32.5 Å². The van der Waals surface area contributed by atoms with Crippen LogP contribution in [0.4, 0.5) is 5.69 Å². The Hall–Kier alpha value is -1.42. The maximum atomic E-state index is 13.2. The van der Waals surface area contributed by atoms with Gasteiger partial charge in [-0.3, -0.25) is 4.79 Å². The average Bonchev–Trinajstić information content (AvgIpc) is 3.22. The van der Waals surface area contributed by atoms with Gasteiger partial charge in [-0.2, -0.15) is 4.31 Å². The van der Waals surface area contributed by atoms with Crippen LogP contribution in [0, 0.1) is 19.8 Å². The quantitative estimate of drug-likeness (QED) is 0.607. The Morgan fingerprint density at radius 3 is 2.48 bits per heavy atom. The third-order valence-corrected chi connectivity index (χ3v) is 10.1. The van der Waals surface area contributed by atoms with E-state index in [-0.39, 0.29) is 18.4 Å². The Labute approximate surface area is 197 Å². The van der Waals surface area contributed by atoms with Gasteiger partial charge in [0.2, 0.25) is 5.91 Å². The molecule has 2 aliphatic rings. The minimum atomic E-state index is -3.55. The van der Waals surface area contributed by atoms with Gasteiger partial charge in [-0.05, 0) is 71.9 Å². The van der Waals surface area contributed by atoms with Crippen molar-refractivity contribution >= 4 is 48.9 Å². The number of carbonyl (C=O) groups excluding carboxylic acids is 1. The van der Waals surface area contributed by atoms with Crippen LogP contribution in [0.1, 0.15) is 24.0 Å². The largest absolute Gasteiger partial charge is 0.368 e. The third-order valence-electron chi connectivity index (χ3n) is 6.17. The van der Waals surface area contributed by atoms with Gasteiger partial charge >= 0.3 is 0 Å². The molecule has 2 aliphatic heterocycles. The fourth-order valence-corrected chi connectivity index (χ4v) is 8.10. The van der Waals surface area contributed by atoms with E-state index in [1.54, 1.807) is 12.1 Å². The number of rotatable bonds is 4. The minimum absolute atomic E-state index is 0.0906. The van der Waals surface area contributed by atoms with Crippen LogP contribution < -0.4 is 4.90 Å². The van der Waals surface area contributed by atoms with Crippen molar-refractivity contribution in [1.29, 1.82) is 0 Å². The fourth-order valence-electron chi connectivity index (χ4n) is 4.41. The van der Waals surface area contributed by atoms with Crippen LogP contribution in [0.3, 0.4) is 0 Å². The Balaban J connectivity index is 1.39. The molecule has 0 saturated carbocycles. The molecular weight excluding hydrogens is 498 g/mol. The number of halogens is 1. The molecule has 1 amide bonds. The van der Waals surface area contributed by atoms with E-state index in [0.29, 0.717) is 30.3 Å². The lowest BCUT2D eigenvalue weighted by Crippen LogP contribution is -2.53. The predicted octanol–water partition coefficient (Wildman–Crippen LogP) is 3.88. The summed E-state index contributed by atoms with van der Waals surface area (Å²) in [5.41, 5.74) is 3.73. The maximum absolute atomic E-state index is 13.2. The predicted molar refractivity (Wildman–Crippen MR) is 128 cm³/mol. The lowest BCUT2D eigenvalue weighted by Gasteiger charge is -2.40. The van der Waals surface area contributed by atoms with E-state index in [9.17, 15) is 13.2 Å². The molecule has 168 valence electrons. The van der Waals surface area contributed by atoms with E-state index in [2.05, 4.69) is 52.9 Å². The summed E-state index contributed by atoms with van der Waals surface area (Å²) < 4.78 is 28.6. The number of amides is 1. The van der Waals surface area contributed by atoms with Gasteiger partial charge in [-0.1, -0.05) is 12.1 Å². The number of carbonyl (C=O) groups is 1. The molecule has 0 bridgehead atoms. The molecule has 0 spiro atoms. The third kappa shape index (κ3) is 4.84. The first kappa shape index (κ1) is 22.8. The number of piperidine rings is 1. The normalized spacial score (nSPS) is 20.8. The zero-order chi connectivity index (χ0) is 22.2. The number of piperazine rings is 1. The summed E-state index contributed by atoms with van der Waals surface area (Å²) in [6, 6.07) is 9.85. The molecule has 0 radical (unpaired) electrons. The summed E-state index contributed by atoms with van der Waals surface area (Å²) in [4.78, 5) is 17.5. The Bertz CT molecular complexity index is 1060. The highest BCUT2D eigenvalue weighted by Gasteiger charge is 2.36. The van der Waals surface area contributed by atoms with Crippen molar-refractivity contribution in [3.8, 4) is 0 Å². The topological polar surface area (TPSA) is 60.9 Å². The lowest BCUT2D eigenvalue weighted by molar-refractivity contribution is -0.137. The zero-order valence-corrected chi connectivity index (χ0v) is 21.1. The number of thiophene rings is 1. The molecule has 2 aromatic rings. The van der Waals surface area contributed by atoms with E-state index in [1.807, 2.05) is 4.90 Å². The van der Waals surface area contributed by atoms with Crippen LogP contribution in [0.5, 0.6) is 0 Å². The molecule has 3 heterocycles. The van der Waals surface area contributed by atoms with Crippen LogP contribution in [-0.2, 0) is 14.8 Å². The highest BCUT2D eigenvalue weighted by Crippen LogP contribution is 2.31. The van der Waals surface area contributed by atoms with Crippen LogP contribution in [0.15, 0.2) is 38.3 Å². The standard InChI is InChI=1S/C22H28BrN3O3S2/c1-16-5-6-17(2)19(14-16)24-10-12-25(13-11-24)22(27)18-4-3-9-26(15-18)31(28,29)21-8-7-20(23)30-21/h5-8,14,18H,3-4,9-13,15H2,1-2H3/t18-/m1/s1. The SMILES string of the molecule is Cc1ccc(C)c(N2CCN(C(=O)[C@@H]3CCCN(S(=O)(=O)c4ccc(Br)s4)C3)CC2)c1. The van der Waals surface area contributed by atoms with Crippen molar-refractivity contribution in [2.75, 3.05) is 44.2 Å². The Morgan fingerprint density at radius 1 is 1.06 bits per heavy atom. The molecule has 1 aromatic carbocycles. The molecule has 0 aliphatic carbocycles. The average molecular weight is 527 g/mol. The highest BCUT2D eigenvalue weighted by molar-refractivity contribution is 9.11. The monoisotopic (exact) mass is 525 g/mol.